The maximum atomic E-state index is 2.66. The van der Waals surface area contributed by atoms with Gasteiger partial charge < -0.3 is 0 Å². The van der Waals surface area contributed by atoms with Crippen molar-refractivity contribution in [3.63, 3.8) is 0 Å². The van der Waals surface area contributed by atoms with Gasteiger partial charge in [0.1, 0.15) is 0 Å². The summed E-state index contributed by atoms with van der Waals surface area (Å²) in [5, 5.41) is 0. The first-order valence-electron chi connectivity index (χ1n) is 8.01. The van der Waals surface area contributed by atoms with Gasteiger partial charge in [0.25, 0.3) is 0 Å². The zero-order chi connectivity index (χ0) is 12.8. The van der Waals surface area contributed by atoms with E-state index in [1.54, 1.807) is 0 Å². The van der Waals surface area contributed by atoms with Crippen LogP contribution in [-0.2, 0) is 0 Å². The number of allylic oxidation sites excluding steroid dienone is 2. The van der Waals surface area contributed by atoms with Gasteiger partial charge in [-0.3, -0.25) is 0 Å². The minimum atomic E-state index is 0.607. The van der Waals surface area contributed by atoms with Crippen molar-refractivity contribution in [2.45, 2.75) is 65.0 Å². The van der Waals surface area contributed by atoms with E-state index in [9.17, 15) is 0 Å². The lowest BCUT2D eigenvalue weighted by molar-refractivity contribution is 0.198. The van der Waals surface area contributed by atoms with Crippen molar-refractivity contribution >= 4 is 8.58 Å². The van der Waals surface area contributed by atoms with E-state index in [0.29, 0.717) is 5.41 Å². The van der Waals surface area contributed by atoms with Crippen LogP contribution in [0.2, 0.25) is 0 Å². The molecule has 0 aromatic carbocycles. The molecule has 0 nitrogen and oxygen atoms in total. The van der Waals surface area contributed by atoms with Crippen LogP contribution in [-0.4, -0.2) is 11.8 Å². The molecule has 0 radical (unpaired) electrons. The minimum Gasteiger partial charge on any atom is -0.118 e. The molecule has 2 aliphatic carbocycles. The van der Waals surface area contributed by atoms with E-state index in [4.69, 9.17) is 0 Å². The van der Waals surface area contributed by atoms with Gasteiger partial charge in [-0.1, -0.05) is 32.4 Å². The van der Waals surface area contributed by atoms with Crippen molar-refractivity contribution in [2.24, 2.45) is 23.2 Å². The van der Waals surface area contributed by atoms with Crippen LogP contribution >= 0.6 is 8.58 Å². The number of fused-ring (bicyclic) bond motifs is 5. The van der Waals surface area contributed by atoms with Crippen molar-refractivity contribution in [3.05, 3.63) is 11.6 Å². The van der Waals surface area contributed by atoms with Crippen molar-refractivity contribution in [1.29, 1.82) is 0 Å². The van der Waals surface area contributed by atoms with Gasteiger partial charge in [-0.05, 0) is 73.5 Å². The van der Waals surface area contributed by atoms with Gasteiger partial charge in [0, 0.05) is 0 Å². The Bertz CT molecular complexity index is 342. The van der Waals surface area contributed by atoms with Crippen molar-refractivity contribution in [2.75, 3.05) is 6.16 Å². The van der Waals surface area contributed by atoms with Crippen LogP contribution in [0.4, 0.5) is 0 Å². The highest BCUT2D eigenvalue weighted by Gasteiger charge is 2.40. The maximum absolute atomic E-state index is 2.66. The summed E-state index contributed by atoms with van der Waals surface area (Å²) in [4.78, 5) is 0. The molecule has 4 aliphatic rings. The Morgan fingerprint density at radius 3 is 2.78 bits per heavy atom. The molecule has 2 saturated heterocycles. The van der Waals surface area contributed by atoms with E-state index in [1.165, 1.54) is 53.3 Å². The molecular formula is C17H29P. The summed E-state index contributed by atoms with van der Waals surface area (Å²) in [5.74, 6) is 2.75. The van der Waals surface area contributed by atoms with Gasteiger partial charge in [0.2, 0.25) is 0 Å². The number of hydrogen-bond acceptors (Lipinski definition) is 0. The molecule has 2 aliphatic heterocycles. The molecule has 0 N–H and O–H groups in total. The molecular weight excluding hydrogens is 235 g/mol. The van der Waals surface area contributed by atoms with Crippen molar-refractivity contribution in [1.82, 2.24) is 0 Å². The summed E-state index contributed by atoms with van der Waals surface area (Å²) in [6.45, 7) is 7.52. The average molecular weight is 264 g/mol. The van der Waals surface area contributed by atoms with Crippen LogP contribution in [0.1, 0.15) is 59.3 Å². The topological polar surface area (TPSA) is 0 Å². The first kappa shape index (κ1) is 13.2. The van der Waals surface area contributed by atoms with E-state index in [0.717, 1.165) is 23.4 Å². The van der Waals surface area contributed by atoms with Crippen LogP contribution in [0.15, 0.2) is 11.6 Å². The second kappa shape index (κ2) is 4.93. The fourth-order valence-electron chi connectivity index (χ4n) is 4.80. The predicted molar refractivity (Wildman–Crippen MR) is 82.7 cm³/mol. The Morgan fingerprint density at radius 1 is 1.17 bits per heavy atom. The highest BCUT2D eigenvalue weighted by Crippen LogP contribution is 2.53. The third kappa shape index (κ3) is 2.43. The predicted octanol–water partition coefficient (Wildman–Crippen LogP) is 5.24. The molecule has 5 unspecified atom stereocenters. The Balaban J connectivity index is 1.87. The molecule has 1 heteroatoms. The minimum absolute atomic E-state index is 0.607. The van der Waals surface area contributed by atoms with E-state index in [-0.39, 0.29) is 0 Å². The quantitative estimate of drug-likeness (QED) is 0.415. The molecule has 0 aromatic rings. The fraction of sp³-hybridized carbons (Fsp3) is 0.882. The van der Waals surface area contributed by atoms with Crippen LogP contribution in [0.3, 0.4) is 0 Å². The summed E-state index contributed by atoms with van der Waals surface area (Å²) in [7, 11) is 1.24. The van der Waals surface area contributed by atoms with Gasteiger partial charge in [-0.15, -0.1) is 8.58 Å². The van der Waals surface area contributed by atoms with E-state index >= 15 is 0 Å². The van der Waals surface area contributed by atoms with Crippen molar-refractivity contribution in [3.8, 4) is 0 Å². The highest BCUT2D eigenvalue weighted by molar-refractivity contribution is 7.38. The molecule has 0 aromatic heterocycles. The smallest absolute Gasteiger partial charge is 0.0185 e. The molecule has 0 spiro atoms. The largest absolute Gasteiger partial charge is 0.118 e. The Kier molecular flexibility index (Phi) is 3.61. The molecule has 18 heavy (non-hydrogen) atoms. The summed E-state index contributed by atoms with van der Waals surface area (Å²) in [5.41, 5.74) is 3.53. The van der Waals surface area contributed by atoms with Crippen LogP contribution in [0.5, 0.6) is 0 Å². The monoisotopic (exact) mass is 264 g/mol. The van der Waals surface area contributed by atoms with Crippen LogP contribution in [0.25, 0.3) is 0 Å². The zero-order valence-corrected chi connectivity index (χ0v) is 13.3. The molecule has 2 heterocycles. The molecule has 2 bridgehead atoms. The van der Waals surface area contributed by atoms with Gasteiger partial charge >= 0.3 is 0 Å². The average Bonchev–Trinajstić information content (AvgIpc) is 2.67. The van der Waals surface area contributed by atoms with Gasteiger partial charge in [0.15, 0.2) is 0 Å². The molecule has 4 rings (SSSR count). The molecule has 5 atom stereocenters. The molecule has 1 saturated carbocycles. The Morgan fingerprint density at radius 2 is 2.00 bits per heavy atom. The van der Waals surface area contributed by atoms with Gasteiger partial charge in [-0.2, -0.15) is 0 Å². The van der Waals surface area contributed by atoms with Crippen LogP contribution in [0, 0.1) is 23.2 Å². The normalized spacial score (nSPS) is 44.7. The fourth-order valence-corrected chi connectivity index (χ4v) is 6.59. The second-order valence-electron chi connectivity index (χ2n) is 7.69. The number of rotatable bonds is 0. The van der Waals surface area contributed by atoms with Gasteiger partial charge in [-0.25, -0.2) is 0 Å². The Labute approximate surface area is 115 Å². The van der Waals surface area contributed by atoms with Gasteiger partial charge in [0.05, 0.1) is 0 Å². The summed E-state index contributed by atoms with van der Waals surface area (Å²) >= 11 is 0. The van der Waals surface area contributed by atoms with E-state index in [2.05, 4.69) is 26.8 Å². The Hall–Kier alpha value is 0.170. The molecule has 3 fully saturated rings. The lowest BCUT2D eigenvalue weighted by Gasteiger charge is -2.45. The maximum Gasteiger partial charge on any atom is -0.0185 e. The van der Waals surface area contributed by atoms with E-state index < -0.39 is 0 Å². The zero-order valence-electron chi connectivity index (χ0n) is 12.3. The summed E-state index contributed by atoms with van der Waals surface area (Å²) < 4.78 is 0. The lowest BCUT2D eigenvalue weighted by Crippen LogP contribution is -2.35. The highest BCUT2D eigenvalue weighted by atomic mass is 31.1. The first-order chi connectivity index (χ1) is 8.56. The standard InChI is InChI=1S/C17H29P/c1-12-9-13-5-4-8-18-16-7-6-14(15(13)10-12)11-17(16,2)3/h10,12-14,16,18H,4-9,11H2,1-3H3. The molecule has 0 amide bonds. The van der Waals surface area contributed by atoms with Crippen molar-refractivity contribution < 1.29 is 0 Å². The third-order valence-corrected chi connectivity index (χ3v) is 7.92. The SMILES string of the molecule is CC1C=C2C(CCCPC3CCC2CC3(C)C)C1. The van der Waals surface area contributed by atoms with Crippen LogP contribution < -0.4 is 0 Å². The van der Waals surface area contributed by atoms with E-state index in [1.807, 2.05) is 5.57 Å². The summed E-state index contributed by atoms with van der Waals surface area (Å²) in [6, 6.07) is 0. The second-order valence-corrected chi connectivity index (χ2v) is 9.30. The molecule has 102 valence electrons. The third-order valence-electron chi connectivity index (χ3n) is 5.72. The number of hydrogen-bond donors (Lipinski definition) is 0. The summed E-state index contributed by atoms with van der Waals surface area (Å²) in [6.07, 6.45) is 13.1. The lowest BCUT2D eigenvalue weighted by atomic mass is 9.68. The first-order valence-corrected chi connectivity index (χ1v) is 9.30.